The number of rotatable bonds is 2. The second-order valence-corrected chi connectivity index (χ2v) is 4.39. The van der Waals surface area contributed by atoms with Gasteiger partial charge in [0.15, 0.2) is 0 Å². The van der Waals surface area contributed by atoms with Crippen LogP contribution in [0.25, 0.3) is 10.9 Å². The molecule has 1 aromatic carbocycles. The molecule has 0 aliphatic rings. The van der Waals surface area contributed by atoms with E-state index < -0.39 is 0 Å². The molecule has 0 amide bonds. The number of aryl methyl sites for hydroxylation is 1. The van der Waals surface area contributed by atoms with Crippen LogP contribution in [0.4, 0.5) is 0 Å². The van der Waals surface area contributed by atoms with Crippen molar-refractivity contribution < 1.29 is 0 Å². The monoisotopic (exact) mass is 236 g/mol. The van der Waals surface area contributed by atoms with Crippen LogP contribution in [0.2, 0.25) is 0 Å². The maximum absolute atomic E-state index is 8.87. The molecular weight excluding hydrogens is 224 g/mol. The van der Waals surface area contributed by atoms with Gasteiger partial charge in [0.05, 0.1) is 23.7 Å². The Bertz CT molecular complexity index is 743. The van der Waals surface area contributed by atoms with Crippen molar-refractivity contribution in [2.75, 3.05) is 0 Å². The zero-order valence-corrected chi connectivity index (χ0v) is 10.0. The molecule has 0 bridgehead atoms. The molecule has 0 aliphatic carbocycles. The molecule has 18 heavy (non-hydrogen) atoms. The first-order valence-corrected chi connectivity index (χ1v) is 5.73. The molecule has 0 unspecified atom stereocenters. The number of nitrogens with zero attached hydrogens (tertiary/aromatic N) is 3. The molecule has 1 N–H and O–H groups in total. The average Bonchev–Trinajstić information content (AvgIpc) is 2.96. The van der Waals surface area contributed by atoms with Crippen LogP contribution in [0.1, 0.15) is 16.8 Å². The lowest BCUT2D eigenvalue weighted by molar-refractivity contribution is 0.912. The smallest absolute Gasteiger partial charge is 0.0992 e. The molecule has 3 aromatic rings. The number of imidazole rings is 1. The number of benzene rings is 1. The van der Waals surface area contributed by atoms with Gasteiger partial charge in [-0.2, -0.15) is 5.26 Å². The number of hydrogen-bond acceptors (Lipinski definition) is 2. The van der Waals surface area contributed by atoms with Crippen molar-refractivity contribution in [1.29, 1.82) is 5.26 Å². The minimum Gasteiger partial charge on any atom is -0.361 e. The number of aromatic amines is 1. The third-order valence-electron chi connectivity index (χ3n) is 3.03. The van der Waals surface area contributed by atoms with Gasteiger partial charge in [-0.25, -0.2) is 4.98 Å². The Balaban J connectivity index is 2.00. The molecule has 3 rings (SSSR count). The molecule has 0 aliphatic heterocycles. The second-order valence-electron chi connectivity index (χ2n) is 4.39. The van der Waals surface area contributed by atoms with Crippen LogP contribution in [0, 0.1) is 11.3 Å². The van der Waals surface area contributed by atoms with E-state index in [1.807, 2.05) is 42.2 Å². The first-order chi connectivity index (χ1) is 8.76. The zero-order chi connectivity index (χ0) is 12.5. The van der Waals surface area contributed by atoms with Crippen molar-refractivity contribution in [3.05, 3.63) is 53.7 Å². The molecule has 2 heterocycles. The highest BCUT2D eigenvalue weighted by atomic mass is 15.0. The summed E-state index contributed by atoms with van der Waals surface area (Å²) in [7, 11) is 1.96. The van der Waals surface area contributed by atoms with Crippen LogP contribution in [0.5, 0.6) is 0 Å². The fourth-order valence-corrected chi connectivity index (χ4v) is 2.16. The molecule has 4 nitrogen and oxygen atoms in total. The highest BCUT2D eigenvalue weighted by molar-refractivity contribution is 5.84. The Hall–Kier alpha value is -2.54. The summed E-state index contributed by atoms with van der Waals surface area (Å²) in [5.74, 6) is 0. The molecule has 2 aromatic heterocycles. The highest BCUT2D eigenvalue weighted by Crippen LogP contribution is 2.21. The third-order valence-corrected chi connectivity index (χ3v) is 3.03. The van der Waals surface area contributed by atoms with Crippen LogP contribution >= 0.6 is 0 Å². The van der Waals surface area contributed by atoms with Crippen LogP contribution in [-0.2, 0) is 13.5 Å². The summed E-state index contributed by atoms with van der Waals surface area (Å²) >= 11 is 0. The fraction of sp³-hybridized carbons (Fsp3) is 0.143. The van der Waals surface area contributed by atoms with Gasteiger partial charge in [-0.3, -0.25) is 0 Å². The highest BCUT2D eigenvalue weighted by Gasteiger charge is 2.06. The molecule has 0 fully saturated rings. The van der Waals surface area contributed by atoms with E-state index in [1.165, 1.54) is 5.56 Å². The summed E-state index contributed by atoms with van der Waals surface area (Å²) in [6.45, 7) is 0. The predicted molar refractivity (Wildman–Crippen MR) is 69.0 cm³/mol. The normalized spacial score (nSPS) is 10.7. The van der Waals surface area contributed by atoms with E-state index in [-0.39, 0.29) is 0 Å². The molecule has 0 spiro atoms. The largest absolute Gasteiger partial charge is 0.361 e. The third kappa shape index (κ3) is 1.76. The molecule has 4 heteroatoms. The van der Waals surface area contributed by atoms with E-state index in [0.717, 1.165) is 23.0 Å². The maximum Gasteiger partial charge on any atom is 0.0992 e. The summed E-state index contributed by atoms with van der Waals surface area (Å²) in [6, 6.07) is 7.85. The van der Waals surface area contributed by atoms with Gasteiger partial charge in [-0.05, 0) is 17.7 Å². The second kappa shape index (κ2) is 4.04. The number of hydrogen-bond donors (Lipinski definition) is 1. The maximum atomic E-state index is 8.87. The molecular formula is C14H12N4. The minimum absolute atomic E-state index is 0.675. The van der Waals surface area contributed by atoms with Crippen LogP contribution in [0.3, 0.4) is 0 Å². The minimum atomic E-state index is 0.675. The van der Waals surface area contributed by atoms with Gasteiger partial charge in [0.25, 0.3) is 0 Å². The van der Waals surface area contributed by atoms with Gasteiger partial charge in [0.2, 0.25) is 0 Å². The van der Waals surface area contributed by atoms with Crippen LogP contribution in [0.15, 0.2) is 36.9 Å². The summed E-state index contributed by atoms with van der Waals surface area (Å²) in [5.41, 5.74) is 3.92. The van der Waals surface area contributed by atoms with Gasteiger partial charge >= 0.3 is 0 Å². The first kappa shape index (κ1) is 10.6. The Labute approximate surface area is 105 Å². The summed E-state index contributed by atoms with van der Waals surface area (Å²) in [5, 5.41) is 10.0. The average molecular weight is 236 g/mol. The lowest BCUT2D eigenvalue weighted by atomic mass is 10.1. The SMILES string of the molecule is Cn1cnc(Cc2c[nH]c3cc(C#N)ccc23)c1. The van der Waals surface area contributed by atoms with Gasteiger partial charge in [-0.15, -0.1) is 0 Å². The van der Waals surface area contributed by atoms with Gasteiger partial charge in [0.1, 0.15) is 0 Å². The number of H-pyrrole nitrogens is 1. The molecule has 88 valence electrons. The summed E-state index contributed by atoms with van der Waals surface area (Å²) in [6.07, 6.45) is 6.60. The Morgan fingerprint density at radius 2 is 2.33 bits per heavy atom. The van der Waals surface area contributed by atoms with Gasteiger partial charge in [-0.1, -0.05) is 6.07 Å². The van der Waals surface area contributed by atoms with Gasteiger partial charge < -0.3 is 9.55 Å². The van der Waals surface area contributed by atoms with E-state index in [9.17, 15) is 0 Å². The Morgan fingerprint density at radius 1 is 1.44 bits per heavy atom. The number of fused-ring (bicyclic) bond motifs is 1. The predicted octanol–water partition coefficient (Wildman–Crippen LogP) is 2.36. The first-order valence-electron chi connectivity index (χ1n) is 5.73. The van der Waals surface area contributed by atoms with Crippen molar-refractivity contribution in [1.82, 2.24) is 14.5 Å². The standard InChI is InChI=1S/C14H12N4/c1-18-8-12(17-9-18)5-11-7-16-14-4-10(6-15)2-3-13(11)14/h2-4,7-9,16H,5H2,1H3. The van der Waals surface area contributed by atoms with E-state index in [0.29, 0.717) is 5.56 Å². The van der Waals surface area contributed by atoms with Crippen molar-refractivity contribution in [2.45, 2.75) is 6.42 Å². The summed E-state index contributed by atoms with van der Waals surface area (Å²) in [4.78, 5) is 7.53. The molecule has 0 radical (unpaired) electrons. The zero-order valence-electron chi connectivity index (χ0n) is 10.0. The van der Waals surface area contributed by atoms with E-state index in [1.54, 1.807) is 6.33 Å². The number of nitriles is 1. The van der Waals surface area contributed by atoms with Crippen LogP contribution in [-0.4, -0.2) is 14.5 Å². The van der Waals surface area contributed by atoms with Gasteiger partial charge in [0, 0.05) is 36.8 Å². The van der Waals surface area contributed by atoms with E-state index >= 15 is 0 Å². The molecule has 0 saturated heterocycles. The Morgan fingerprint density at radius 3 is 3.06 bits per heavy atom. The lowest BCUT2D eigenvalue weighted by Crippen LogP contribution is -1.86. The van der Waals surface area contributed by atoms with Crippen LogP contribution < -0.4 is 0 Å². The number of nitrogens with one attached hydrogen (secondary N) is 1. The van der Waals surface area contributed by atoms with E-state index in [4.69, 9.17) is 5.26 Å². The Kier molecular flexibility index (Phi) is 2.38. The molecule has 0 atom stereocenters. The number of aromatic nitrogens is 3. The lowest BCUT2D eigenvalue weighted by Gasteiger charge is -1.96. The van der Waals surface area contributed by atoms with E-state index in [2.05, 4.69) is 16.0 Å². The fourth-order valence-electron chi connectivity index (χ4n) is 2.16. The van der Waals surface area contributed by atoms with Crippen molar-refractivity contribution in [3.8, 4) is 6.07 Å². The molecule has 0 saturated carbocycles. The van der Waals surface area contributed by atoms with Crippen molar-refractivity contribution >= 4 is 10.9 Å². The quantitative estimate of drug-likeness (QED) is 0.742. The van der Waals surface area contributed by atoms with Crippen molar-refractivity contribution in [3.63, 3.8) is 0 Å². The topological polar surface area (TPSA) is 57.4 Å². The summed E-state index contributed by atoms with van der Waals surface area (Å²) < 4.78 is 1.94. The van der Waals surface area contributed by atoms with Crippen molar-refractivity contribution in [2.24, 2.45) is 7.05 Å².